The molecule has 5 nitrogen and oxygen atoms in total. The van der Waals surface area contributed by atoms with Crippen molar-refractivity contribution in [2.45, 2.75) is 20.5 Å². The third kappa shape index (κ3) is 3.72. The van der Waals surface area contributed by atoms with Crippen LogP contribution in [0.2, 0.25) is 0 Å². The number of aromatic nitrogens is 3. The summed E-state index contributed by atoms with van der Waals surface area (Å²) in [6, 6.07) is 20.3. The number of hydrogen-bond acceptors (Lipinski definition) is 5. The van der Waals surface area contributed by atoms with Crippen molar-refractivity contribution in [2.24, 2.45) is 0 Å². The molecule has 0 saturated carbocycles. The van der Waals surface area contributed by atoms with Crippen LogP contribution in [0, 0.1) is 13.8 Å². The third-order valence-electron chi connectivity index (χ3n) is 4.32. The van der Waals surface area contributed by atoms with Crippen LogP contribution in [0.4, 0.5) is 5.95 Å². The van der Waals surface area contributed by atoms with Gasteiger partial charge in [-0.3, -0.25) is 0 Å². The normalized spacial score (nSPS) is 10.9. The van der Waals surface area contributed by atoms with Gasteiger partial charge in [-0.15, -0.1) is 0 Å². The zero-order valence-electron chi connectivity index (χ0n) is 15.3. The minimum absolute atomic E-state index is 0.209. The molecule has 2 aromatic carbocycles. The third-order valence-corrected chi connectivity index (χ3v) is 4.32. The molecule has 2 N–H and O–H groups in total. The summed E-state index contributed by atoms with van der Waals surface area (Å²) in [5, 5.41) is 1.08. The van der Waals surface area contributed by atoms with Crippen LogP contribution in [-0.4, -0.2) is 15.0 Å². The van der Waals surface area contributed by atoms with Crippen molar-refractivity contribution in [3.05, 3.63) is 77.5 Å². The van der Waals surface area contributed by atoms with E-state index in [4.69, 9.17) is 15.5 Å². The average Bonchev–Trinajstić information content (AvgIpc) is 2.65. The number of ether oxygens (including phenoxy) is 1. The van der Waals surface area contributed by atoms with Crippen molar-refractivity contribution >= 4 is 16.9 Å². The van der Waals surface area contributed by atoms with E-state index in [2.05, 4.69) is 53.3 Å². The summed E-state index contributed by atoms with van der Waals surface area (Å²) < 4.78 is 5.92. The van der Waals surface area contributed by atoms with Gasteiger partial charge in [0.2, 0.25) is 11.8 Å². The molecule has 2 aromatic heterocycles. The van der Waals surface area contributed by atoms with Crippen LogP contribution in [0.3, 0.4) is 0 Å². The van der Waals surface area contributed by atoms with E-state index in [-0.39, 0.29) is 5.95 Å². The number of hydrogen-bond donors (Lipinski definition) is 1. The summed E-state index contributed by atoms with van der Waals surface area (Å²) >= 11 is 0. The number of pyridine rings is 1. The highest BCUT2D eigenvalue weighted by atomic mass is 16.5. The lowest BCUT2D eigenvalue weighted by Crippen LogP contribution is -2.04. The van der Waals surface area contributed by atoms with Gasteiger partial charge in [0.25, 0.3) is 0 Å². The van der Waals surface area contributed by atoms with Gasteiger partial charge in [0.05, 0.1) is 11.2 Å². The average molecular weight is 356 g/mol. The molecule has 0 radical (unpaired) electrons. The predicted octanol–water partition coefficient (Wildman–Crippen LogP) is 4.47. The fourth-order valence-electron chi connectivity index (χ4n) is 3.06. The van der Waals surface area contributed by atoms with E-state index in [0.29, 0.717) is 12.5 Å². The molecule has 5 heteroatoms. The summed E-state index contributed by atoms with van der Waals surface area (Å²) in [7, 11) is 0. The zero-order chi connectivity index (χ0) is 18.8. The SMILES string of the molecule is Cc1ccc2cc(COc3cc(C)nc(N)n3)c(-c3ccccc3)nc2c1. The summed E-state index contributed by atoms with van der Waals surface area (Å²) in [6.45, 7) is 4.28. The van der Waals surface area contributed by atoms with Gasteiger partial charge in [0.1, 0.15) is 6.61 Å². The largest absolute Gasteiger partial charge is 0.473 e. The molecule has 0 aliphatic carbocycles. The van der Waals surface area contributed by atoms with Crippen LogP contribution in [0.5, 0.6) is 5.88 Å². The van der Waals surface area contributed by atoms with Crippen LogP contribution in [0.25, 0.3) is 22.2 Å². The molecule has 0 amide bonds. The van der Waals surface area contributed by atoms with E-state index in [1.165, 1.54) is 5.56 Å². The molecule has 2 heterocycles. The van der Waals surface area contributed by atoms with Crippen molar-refractivity contribution in [1.29, 1.82) is 0 Å². The Labute approximate surface area is 157 Å². The number of fused-ring (bicyclic) bond motifs is 1. The van der Waals surface area contributed by atoms with Gasteiger partial charge >= 0.3 is 0 Å². The smallest absolute Gasteiger partial charge is 0.223 e. The number of nitrogen functional groups attached to an aromatic ring is 1. The van der Waals surface area contributed by atoms with E-state index in [1.807, 2.05) is 25.1 Å². The van der Waals surface area contributed by atoms with Gasteiger partial charge in [0.15, 0.2) is 0 Å². The van der Waals surface area contributed by atoms with Crippen LogP contribution in [0.15, 0.2) is 60.7 Å². The number of aryl methyl sites for hydroxylation is 2. The Hall–Kier alpha value is -3.47. The maximum absolute atomic E-state index is 5.92. The van der Waals surface area contributed by atoms with E-state index < -0.39 is 0 Å². The summed E-state index contributed by atoms with van der Waals surface area (Å²) in [4.78, 5) is 13.1. The minimum Gasteiger partial charge on any atom is -0.473 e. The van der Waals surface area contributed by atoms with Crippen LogP contribution < -0.4 is 10.5 Å². The quantitative estimate of drug-likeness (QED) is 0.584. The van der Waals surface area contributed by atoms with Gasteiger partial charge in [-0.1, -0.05) is 42.5 Å². The Morgan fingerprint density at radius 2 is 1.70 bits per heavy atom. The monoisotopic (exact) mass is 356 g/mol. The van der Waals surface area contributed by atoms with Crippen molar-refractivity contribution in [3.63, 3.8) is 0 Å². The Kier molecular flexibility index (Phi) is 4.42. The molecular formula is C22H20N4O. The van der Waals surface area contributed by atoms with Crippen molar-refractivity contribution in [1.82, 2.24) is 15.0 Å². The molecule has 134 valence electrons. The molecule has 4 rings (SSSR count). The number of anilines is 1. The zero-order valence-corrected chi connectivity index (χ0v) is 15.3. The summed E-state index contributed by atoms with van der Waals surface area (Å²) in [5.74, 6) is 0.670. The van der Waals surface area contributed by atoms with Crippen molar-refractivity contribution in [2.75, 3.05) is 5.73 Å². The first-order valence-electron chi connectivity index (χ1n) is 8.78. The maximum Gasteiger partial charge on any atom is 0.223 e. The van der Waals surface area contributed by atoms with E-state index in [9.17, 15) is 0 Å². The molecule has 0 fully saturated rings. The standard InChI is InChI=1S/C22H20N4O/c1-14-8-9-17-12-18(13-27-20-11-15(2)24-22(23)26-20)21(25-19(17)10-14)16-6-4-3-5-7-16/h3-12H,13H2,1-2H3,(H2,23,24,26). The van der Waals surface area contributed by atoms with Crippen LogP contribution >= 0.6 is 0 Å². The summed E-state index contributed by atoms with van der Waals surface area (Å²) in [6.07, 6.45) is 0. The molecule has 0 spiro atoms. The topological polar surface area (TPSA) is 73.9 Å². The second-order valence-electron chi connectivity index (χ2n) is 6.55. The lowest BCUT2D eigenvalue weighted by molar-refractivity contribution is 0.294. The molecule has 27 heavy (non-hydrogen) atoms. The van der Waals surface area contributed by atoms with Crippen LogP contribution in [-0.2, 0) is 6.61 Å². The second kappa shape index (κ2) is 7.03. The summed E-state index contributed by atoms with van der Waals surface area (Å²) in [5.41, 5.74) is 11.6. The lowest BCUT2D eigenvalue weighted by atomic mass is 10.0. The fourth-order valence-corrected chi connectivity index (χ4v) is 3.06. The Morgan fingerprint density at radius 1 is 0.889 bits per heavy atom. The molecule has 0 aliphatic rings. The second-order valence-corrected chi connectivity index (χ2v) is 6.55. The van der Waals surface area contributed by atoms with Gasteiger partial charge in [-0.05, 0) is 31.5 Å². The van der Waals surface area contributed by atoms with E-state index in [1.54, 1.807) is 6.07 Å². The highest BCUT2D eigenvalue weighted by molar-refractivity contribution is 5.84. The number of nitrogens with zero attached hydrogens (tertiary/aromatic N) is 3. The lowest BCUT2D eigenvalue weighted by Gasteiger charge is -2.13. The molecular weight excluding hydrogens is 336 g/mol. The number of benzene rings is 2. The predicted molar refractivity (Wildman–Crippen MR) is 107 cm³/mol. The fraction of sp³-hybridized carbons (Fsp3) is 0.136. The minimum atomic E-state index is 0.209. The molecule has 0 atom stereocenters. The first-order valence-corrected chi connectivity index (χ1v) is 8.78. The van der Waals surface area contributed by atoms with Gasteiger partial charge in [-0.25, -0.2) is 9.97 Å². The Morgan fingerprint density at radius 3 is 2.48 bits per heavy atom. The Balaban J connectivity index is 1.76. The van der Waals surface area contributed by atoms with E-state index >= 15 is 0 Å². The van der Waals surface area contributed by atoms with Crippen molar-refractivity contribution in [3.8, 4) is 17.1 Å². The first kappa shape index (κ1) is 17.0. The van der Waals surface area contributed by atoms with E-state index in [0.717, 1.165) is 33.4 Å². The highest BCUT2D eigenvalue weighted by Gasteiger charge is 2.11. The first-order chi connectivity index (χ1) is 13.1. The number of rotatable bonds is 4. The van der Waals surface area contributed by atoms with Gasteiger partial charge in [0, 0.05) is 28.3 Å². The molecule has 0 bridgehead atoms. The number of nitrogens with two attached hydrogens (primary N) is 1. The molecule has 0 saturated heterocycles. The maximum atomic E-state index is 5.92. The highest BCUT2D eigenvalue weighted by Crippen LogP contribution is 2.27. The molecule has 0 aliphatic heterocycles. The van der Waals surface area contributed by atoms with Crippen molar-refractivity contribution < 1.29 is 4.74 Å². The van der Waals surface area contributed by atoms with Gasteiger partial charge < -0.3 is 10.5 Å². The Bertz CT molecular complexity index is 1090. The van der Waals surface area contributed by atoms with Gasteiger partial charge in [-0.2, -0.15) is 4.98 Å². The molecule has 4 aromatic rings. The van der Waals surface area contributed by atoms with Crippen LogP contribution in [0.1, 0.15) is 16.8 Å². The molecule has 0 unspecified atom stereocenters.